The number of piperidine rings is 1. The lowest BCUT2D eigenvalue weighted by molar-refractivity contribution is -0.138. The molecule has 0 atom stereocenters. The second kappa shape index (κ2) is 13.7. The lowest BCUT2D eigenvalue weighted by Gasteiger charge is -2.37. The zero-order valence-corrected chi connectivity index (χ0v) is 23.3. The van der Waals surface area contributed by atoms with Gasteiger partial charge in [-0.05, 0) is 54.7 Å². The fourth-order valence-corrected chi connectivity index (χ4v) is 5.19. The third-order valence-electron chi connectivity index (χ3n) is 7.51. The molecule has 0 unspecified atom stereocenters. The lowest BCUT2D eigenvalue weighted by atomic mass is 9.98. The first-order valence-electron chi connectivity index (χ1n) is 13.6. The second-order valence-corrected chi connectivity index (χ2v) is 10.8. The van der Waals surface area contributed by atoms with Gasteiger partial charge in [0.1, 0.15) is 5.82 Å². The van der Waals surface area contributed by atoms with Crippen molar-refractivity contribution in [2.24, 2.45) is 5.92 Å². The Morgan fingerprint density at radius 1 is 1.00 bits per heavy atom. The van der Waals surface area contributed by atoms with E-state index in [0.29, 0.717) is 61.2 Å². The first-order chi connectivity index (χ1) is 19.5. The van der Waals surface area contributed by atoms with Crippen LogP contribution in [0.15, 0.2) is 36.4 Å². The number of benzene rings is 2. The minimum atomic E-state index is -4.21. The third kappa shape index (κ3) is 8.70. The largest absolute Gasteiger partial charge is 0.396 e. The maximum Gasteiger partial charge on any atom is 0.390 e. The quantitative estimate of drug-likeness (QED) is 0.382. The monoisotopic (exact) mass is 599 g/mol. The summed E-state index contributed by atoms with van der Waals surface area (Å²) in [5.41, 5.74) is 1.32. The van der Waals surface area contributed by atoms with Crippen molar-refractivity contribution in [2.45, 2.75) is 32.0 Å². The predicted molar refractivity (Wildman–Crippen MR) is 149 cm³/mol. The van der Waals surface area contributed by atoms with Crippen LogP contribution in [-0.2, 0) is 6.54 Å². The van der Waals surface area contributed by atoms with E-state index in [1.54, 1.807) is 34.1 Å². The summed E-state index contributed by atoms with van der Waals surface area (Å²) in [6.45, 7) is 2.94. The normalized spacial score (nSPS) is 17.0. The van der Waals surface area contributed by atoms with E-state index in [1.807, 2.05) is 4.90 Å². The van der Waals surface area contributed by atoms with Crippen molar-refractivity contribution in [1.82, 2.24) is 15.1 Å². The molecule has 2 aromatic carbocycles. The van der Waals surface area contributed by atoms with Crippen molar-refractivity contribution in [2.75, 3.05) is 62.6 Å². The molecular formula is C28H34ClF4N5O3. The van der Waals surface area contributed by atoms with Gasteiger partial charge in [0.25, 0.3) is 5.91 Å². The van der Waals surface area contributed by atoms with E-state index >= 15 is 0 Å². The first kappa shape index (κ1) is 30.9. The number of rotatable bonds is 8. The number of nitrogens with zero attached hydrogens (tertiary/aromatic N) is 3. The van der Waals surface area contributed by atoms with Gasteiger partial charge in [-0.15, -0.1) is 0 Å². The fraction of sp³-hybridized carbons (Fsp3) is 0.500. The molecule has 0 saturated carbocycles. The molecular weight excluding hydrogens is 566 g/mol. The Bertz CT molecular complexity index is 1220. The number of carbonyl (C=O) groups is 2. The molecule has 2 aliphatic heterocycles. The van der Waals surface area contributed by atoms with Crippen LogP contribution in [0.1, 0.15) is 35.2 Å². The average molecular weight is 600 g/mol. The third-order valence-corrected chi connectivity index (χ3v) is 7.75. The first-order valence-corrected chi connectivity index (χ1v) is 14.0. The van der Waals surface area contributed by atoms with Crippen LogP contribution < -0.4 is 15.5 Å². The van der Waals surface area contributed by atoms with Crippen molar-refractivity contribution < 1.29 is 32.3 Å². The average Bonchev–Trinajstić information content (AvgIpc) is 2.95. The summed E-state index contributed by atoms with van der Waals surface area (Å²) >= 11 is 6.20. The molecule has 0 spiro atoms. The number of halogens is 5. The van der Waals surface area contributed by atoms with E-state index in [4.69, 9.17) is 11.6 Å². The van der Waals surface area contributed by atoms with Crippen LogP contribution in [0.3, 0.4) is 0 Å². The van der Waals surface area contributed by atoms with Crippen LogP contribution in [0.2, 0.25) is 5.02 Å². The van der Waals surface area contributed by atoms with Gasteiger partial charge >= 0.3 is 12.2 Å². The molecule has 0 radical (unpaired) electrons. The highest BCUT2D eigenvalue weighted by Crippen LogP contribution is 2.31. The van der Waals surface area contributed by atoms with E-state index in [-0.39, 0.29) is 37.2 Å². The van der Waals surface area contributed by atoms with Gasteiger partial charge in [0.2, 0.25) is 0 Å². The Morgan fingerprint density at radius 2 is 1.71 bits per heavy atom. The predicted octanol–water partition coefficient (Wildman–Crippen LogP) is 4.72. The Kier molecular flexibility index (Phi) is 10.3. The number of anilines is 2. The van der Waals surface area contributed by atoms with Gasteiger partial charge in [-0.3, -0.25) is 9.69 Å². The summed E-state index contributed by atoms with van der Waals surface area (Å²) in [5.74, 6) is -1.21. The van der Waals surface area contributed by atoms with Crippen molar-refractivity contribution in [3.8, 4) is 0 Å². The summed E-state index contributed by atoms with van der Waals surface area (Å²) in [7, 11) is 0. The number of amides is 3. The molecule has 8 nitrogen and oxygen atoms in total. The molecule has 224 valence electrons. The molecule has 2 heterocycles. The van der Waals surface area contributed by atoms with E-state index in [2.05, 4.69) is 10.6 Å². The molecule has 0 aromatic heterocycles. The van der Waals surface area contributed by atoms with Crippen LogP contribution in [-0.4, -0.2) is 85.4 Å². The standard InChI is InChI=1S/C28H34ClF4N5O3/c29-21-2-4-24(25(16-21)37-13-11-36(12-14-37)10-7-28(31,32)33)35-26(40)22-3-1-20(15-23(22)30)17-34-27(41)38-8-5-19(18-39)6-9-38/h1-4,15-16,19,39H,5-14,17-18H2,(H,34,41)(H,35,40). The van der Waals surface area contributed by atoms with Crippen LogP contribution >= 0.6 is 11.6 Å². The second-order valence-electron chi connectivity index (χ2n) is 10.4. The zero-order chi connectivity index (χ0) is 29.6. The number of carbonyl (C=O) groups excluding carboxylic acids is 2. The number of aliphatic hydroxyl groups excluding tert-OH is 1. The van der Waals surface area contributed by atoms with E-state index in [0.717, 1.165) is 12.8 Å². The Hall–Kier alpha value is -3.09. The van der Waals surface area contributed by atoms with Crippen molar-refractivity contribution in [3.05, 3.63) is 58.4 Å². The highest BCUT2D eigenvalue weighted by atomic mass is 35.5. The lowest BCUT2D eigenvalue weighted by Crippen LogP contribution is -2.47. The number of urea groups is 1. The number of piperazine rings is 1. The summed E-state index contributed by atoms with van der Waals surface area (Å²) in [6.07, 6.45) is -3.61. The Labute approximate surface area is 241 Å². The highest BCUT2D eigenvalue weighted by Gasteiger charge is 2.29. The number of likely N-dealkylation sites (tertiary alicyclic amines) is 1. The molecule has 41 heavy (non-hydrogen) atoms. The maximum absolute atomic E-state index is 15.0. The molecule has 0 bridgehead atoms. The van der Waals surface area contributed by atoms with Gasteiger partial charge in [-0.2, -0.15) is 13.2 Å². The van der Waals surface area contributed by atoms with Gasteiger partial charge < -0.3 is 25.5 Å². The minimum absolute atomic E-state index is 0.0707. The SMILES string of the molecule is O=C(Nc1ccc(Cl)cc1N1CCN(CCC(F)(F)F)CC1)c1ccc(CNC(=O)N2CCC(CO)CC2)cc1F. The molecule has 2 aliphatic rings. The number of nitrogens with one attached hydrogen (secondary N) is 2. The number of alkyl halides is 3. The molecule has 2 saturated heterocycles. The molecule has 13 heteroatoms. The zero-order valence-electron chi connectivity index (χ0n) is 22.5. The summed E-state index contributed by atoms with van der Waals surface area (Å²) in [4.78, 5) is 30.8. The van der Waals surface area contributed by atoms with Gasteiger partial charge in [-0.1, -0.05) is 17.7 Å². The van der Waals surface area contributed by atoms with Crippen molar-refractivity contribution in [3.63, 3.8) is 0 Å². The molecule has 3 N–H and O–H groups in total. The van der Waals surface area contributed by atoms with Crippen LogP contribution in [0.5, 0.6) is 0 Å². The Morgan fingerprint density at radius 3 is 2.34 bits per heavy atom. The number of aliphatic hydroxyl groups is 1. The van der Waals surface area contributed by atoms with E-state index < -0.39 is 24.3 Å². The maximum atomic E-state index is 15.0. The molecule has 2 aromatic rings. The summed E-state index contributed by atoms with van der Waals surface area (Å²) in [5, 5.41) is 15.2. The van der Waals surface area contributed by atoms with Gasteiger partial charge in [0, 0.05) is 64.0 Å². The highest BCUT2D eigenvalue weighted by molar-refractivity contribution is 6.31. The summed E-state index contributed by atoms with van der Waals surface area (Å²) in [6, 6.07) is 8.73. The molecule has 2 fully saturated rings. The Balaban J connectivity index is 1.34. The molecule has 3 amide bonds. The summed E-state index contributed by atoms with van der Waals surface area (Å²) < 4.78 is 52.7. The van der Waals surface area contributed by atoms with Crippen molar-refractivity contribution in [1.29, 1.82) is 0 Å². The number of hydrogen-bond donors (Lipinski definition) is 3. The van der Waals surface area contributed by atoms with Crippen LogP contribution in [0.25, 0.3) is 0 Å². The number of hydrogen-bond acceptors (Lipinski definition) is 5. The minimum Gasteiger partial charge on any atom is -0.396 e. The van der Waals surface area contributed by atoms with Crippen LogP contribution in [0, 0.1) is 11.7 Å². The van der Waals surface area contributed by atoms with Crippen LogP contribution in [0.4, 0.5) is 33.7 Å². The van der Waals surface area contributed by atoms with Crippen molar-refractivity contribution >= 4 is 34.9 Å². The fourth-order valence-electron chi connectivity index (χ4n) is 5.02. The van der Waals surface area contributed by atoms with Gasteiger partial charge in [0.05, 0.1) is 23.4 Å². The smallest absolute Gasteiger partial charge is 0.390 e. The molecule has 0 aliphatic carbocycles. The van der Waals surface area contributed by atoms with Gasteiger partial charge in [0.15, 0.2) is 0 Å². The van der Waals surface area contributed by atoms with E-state index in [1.165, 1.54) is 12.1 Å². The topological polar surface area (TPSA) is 88.2 Å². The van der Waals surface area contributed by atoms with E-state index in [9.17, 15) is 32.3 Å². The molecule has 4 rings (SSSR count). The van der Waals surface area contributed by atoms with Gasteiger partial charge in [-0.25, -0.2) is 9.18 Å².